The number of rotatable bonds is 3. The number of carboxylic acid groups (broad SMARTS) is 1. The van der Waals surface area contributed by atoms with Crippen LogP contribution in [-0.2, 0) is 19.1 Å². The van der Waals surface area contributed by atoms with Gasteiger partial charge in [-0.3, -0.25) is 4.79 Å². The van der Waals surface area contributed by atoms with Gasteiger partial charge in [0.15, 0.2) is 11.5 Å². The zero-order valence-electron chi connectivity index (χ0n) is 23.0. The number of aliphatic carboxylic acids is 1. The highest BCUT2D eigenvalue weighted by molar-refractivity contribution is 6.01. The molecule has 0 aliphatic heterocycles. The average Bonchev–Trinajstić information content (AvgIpc) is 3.06. The number of hydrogen-bond donors (Lipinski definition) is 2. The number of fused-ring (bicyclic) bond motifs is 5. The molecule has 0 spiro atoms. The Balaban J connectivity index is 1.49. The fourth-order valence-corrected chi connectivity index (χ4v) is 9.07. The molecular weight excluding hydrogens is 510 g/mol. The third-order valence-corrected chi connectivity index (χ3v) is 11.0. The first-order chi connectivity index (χ1) is 18.3. The minimum Gasteiger partial charge on any atom is -0.478 e. The van der Waals surface area contributed by atoms with Crippen molar-refractivity contribution in [3.63, 3.8) is 0 Å². The van der Waals surface area contributed by atoms with E-state index in [0.29, 0.717) is 12.8 Å². The summed E-state index contributed by atoms with van der Waals surface area (Å²) in [5, 5.41) is 22.1. The molecule has 9 atom stereocenters. The molecule has 5 aliphatic rings. The fraction of sp³-hybridized carbons (Fsp3) is 0.767. The van der Waals surface area contributed by atoms with Gasteiger partial charge in [0.05, 0.1) is 6.10 Å². The van der Waals surface area contributed by atoms with Gasteiger partial charge in [-0.2, -0.15) is 0 Å². The number of allylic oxidation sites excluding steroid dienone is 4. The summed E-state index contributed by atoms with van der Waals surface area (Å²) >= 11 is 0. The Bertz CT molecular complexity index is 1100. The van der Waals surface area contributed by atoms with Gasteiger partial charge in [0.1, 0.15) is 12.3 Å². The fourth-order valence-electron chi connectivity index (χ4n) is 9.07. The zero-order chi connectivity index (χ0) is 28.4. The van der Waals surface area contributed by atoms with Crippen molar-refractivity contribution in [2.45, 2.75) is 115 Å². The Hall–Kier alpha value is -2.29. The number of aliphatic hydroxyl groups excluding tert-OH is 1. The SMILES string of the molecule is C[C@@H]1C[C@H]2[C@@H]3C[C@H](F)C4=CC(=O)C=C[C@]4(C)[C@@]3(F)[C@@H](O)C[C@]2(C)[C@@]1(OC(=O)OC1CCCCCCC1)C(=O)O. The zero-order valence-corrected chi connectivity index (χ0v) is 23.0. The molecule has 0 heterocycles. The predicted octanol–water partition coefficient (Wildman–Crippen LogP) is 5.64. The maximum atomic E-state index is 17.4. The van der Waals surface area contributed by atoms with E-state index in [0.717, 1.165) is 38.2 Å². The lowest BCUT2D eigenvalue weighted by molar-refractivity contribution is -0.232. The molecule has 5 aliphatic carbocycles. The van der Waals surface area contributed by atoms with Gasteiger partial charge >= 0.3 is 12.1 Å². The van der Waals surface area contributed by atoms with Crippen LogP contribution in [0.4, 0.5) is 13.6 Å². The molecule has 5 rings (SSSR count). The van der Waals surface area contributed by atoms with E-state index in [-0.39, 0.29) is 30.9 Å². The van der Waals surface area contributed by atoms with Crippen molar-refractivity contribution in [3.8, 4) is 0 Å². The van der Waals surface area contributed by atoms with Crippen LogP contribution in [0.1, 0.15) is 85.0 Å². The van der Waals surface area contributed by atoms with Crippen LogP contribution in [0.5, 0.6) is 0 Å². The van der Waals surface area contributed by atoms with E-state index in [4.69, 9.17) is 9.47 Å². The normalized spacial score (nSPS) is 46.2. The van der Waals surface area contributed by atoms with Crippen molar-refractivity contribution in [2.24, 2.45) is 28.6 Å². The van der Waals surface area contributed by atoms with Gasteiger partial charge in [-0.05, 0) is 75.5 Å². The lowest BCUT2D eigenvalue weighted by Crippen LogP contribution is -2.71. The molecule has 0 radical (unpaired) electrons. The number of alkyl halides is 2. The molecule has 0 aromatic heterocycles. The van der Waals surface area contributed by atoms with Gasteiger partial charge in [-0.25, -0.2) is 18.4 Å². The van der Waals surface area contributed by atoms with Gasteiger partial charge in [-0.1, -0.05) is 39.2 Å². The molecule has 0 aromatic carbocycles. The van der Waals surface area contributed by atoms with Crippen LogP contribution >= 0.6 is 0 Å². The van der Waals surface area contributed by atoms with Gasteiger partial charge in [0.2, 0.25) is 5.60 Å². The van der Waals surface area contributed by atoms with Crippen molar-refractivity contribution < 1.29 is 42.9 Å². The van der Waals surface area contributed by atoms with E-state index in [1.165, 1.54) is 19.1 Å². The summed E-state index contributed by atoms with van der Waals surface area (Å²) in [6.45, 7) is 4.76. The molecule has 0 unspecified atom stereocenters. The van der Waals surface area contributed by atoms with E-state index < -0.39 is 70.0 Å². The predicted molar refractivity (Wildman–Crippen MR) is 137 cm³/mol. The smallest absolute Gasteiger partial charge is 0.478 e. The molecule has 0 aromatic rings. The Morgan fingerprint density at radius 2 is 1.69 bits per heavy atom. The number of halogens is 2. The summed E-state index contributed by atoms with van der Waals surface area (Å²) in [5.41, 5.74) is -7.37. The summed E-state index contributed by atoms with van der Waals surface area (Å²) in [5.74, 6) is -4.31. The van der Waals surface area contributed by atoms with Crippen LogP contribution in [0.25, 0.3) is 0 Å². The molecule has 9 heteroatoms. The van der Waals surface area contributed by atoms with Crippen LogP contribution in [0, 0.1) is 28.6 Å². The summed E-state index contributed by atoms with van der Waals surface area (Å²) in [6.07, 6.45) is 4.89. The lowest BCUT2D eigenvalue weighted by atomic mass is 9.44. The standard InChI is InChI=1S/C30H40F2O7/c1-17-13-20-21-15-23(31)22-14-18(33)11-12-27(22,2)29(21,32)24(34)16-28(20,3)30(17,25(35)36)39-26(37)38-19-9-7-5-4-6-8-10-19/h11-12,14,17,19-21,23-24,34H,4-10,13,15-16H2,1-3H3,(H,35,36)/t17-,20+,21+,23+,24+,27+,28+,29+,30+/m1/s1. The average molecular weight is 551 g/mol. The summed E-state index contributed by atoms with van der Waals surface area (Å²) < 4.78 is 44.4. The third kappa shape index (κ3) is 3.92. The highest BCUT2D eigenvalue weighted by Crippen LogP contribution is 2.71. The molecule has 0 bridgehead atoms. The first kappa shape index (κ1) is 28.2. The molecule has 2 N–H and O–H groups in total. The van der Waals surface area contributed by atoms with Crippen molar-refractivity contribution in [1.82, 2.24) is 0 Å². The van der Waals surface area contributed by atoms with E-state index >= 15 is 8.78 Å². The third-order valence-electron chi connectivity index (χ3n) is 11.0. The second kappa shape index (κ2) is 9.67. The second-order valence-corrected chi connectivity index (χ2v) is 13.0. The number of aliphatic hydroxyl groups is 1. The summed E-state index contributed by atoms with van der Waals surface area (Å²) in [4.78, 5) is 38.2. The Labute approximate surface area is 228 Å². The molecule has 39 heavy (non-hydrogen) atoms. The number of carbonyl (C=O) groups excluding carboxylic acids is 2. The van der Waals surface area contributed by atoms with Crippen LogP contribution in [-0.4, -0.2) is 57.8 Å². The van der Waals surface area contributed by atoms with Crippen LogP contribution in [0.15, 0.2) is 23.8 Å². The van der Waals surface area contributed by atoms with E-state index in [9.17, 15) is 24.6 Å². The minimum atomic E-state index is -2.34. The van der Waals surface area contributed by atoms with Crippen LogP contribution < -0.4 is 0 Å². The van der Waals surface area contributed by atoms with Crippen molar-refractivity contribution >= 4 is 17.9 Å². The number of ketones is 1. The Morgan fingerprint density at radius 1 is 1.05 bits per heavy atom. The Morgan fingerprint density at radius 3 is 2.33 bits per heavy atom. The van der Waals surface area contributed by atoms with Crippen molar-refractivity contribution in [1.29, 1.82) is 0 Å². The Kier molecular flexibility index (Phi) is 7.00. The largest absolute Gasteiger partial charge is 0.509 e. The van der Waals surface area contributed by atoms with Crippen LogP contribution in [0.3, 0.4) is 0 Å². The molecule has 4 fully saturated rings. The summed E-state index contributed by atoms with van der Waals surface area (Å²) in [6, 6.07) is 0. The molecule has 7 nitrogen and oxygen atoms in total. The molecule has 216 valence electrons. The lowest BCUT2D eigenvalue weighted by Gasteiger charge is -2.62. The quantitative estimate of drug-likeness (QED) is 0.438. The van der Waals surface area contributed by atoms with Gasteiger partial charge in [0.25, 0.3) is 0 Å². The maximum Gasteiger partial charge on any atom is 0.509 e. The highest BCUT2D eigenvalue weighted by atomic mass is 19.1. The monoisotopic (exact) mass is 550 g/mol. The first-order valence-corrected chi connectivity index (χ1v) is 14.4. The topological polar surface area (TPSA) is 110 Å². The maximum absolute atomic E-state index is 17.4. The van der Waals surface area contributed by atoms with Gasteiger partial charge in [-0.15, -0.1) is 0 Å². The van der Waals surface area contributed by atoms with Gasteiger partial charge < -0.3 is 19.7 Å². The molecular formula is C30H40F2O7. The molecule has 0 saturated heterocycles. The van der Waals surface area contributed by atoms with Crippen molar-refractivity contribution in [2.75, 3.05) is 0 Å². The number of ether oxygens (including phenoxy) is 2. The number of hydrogen-bond acceptors (Lipinski definition) is 6. The van der Waals surface area contributed by atoms with E-state index in [1.54, 1.807) is 13.8 Å². The molecule has 4 saturated carbocycles. The second-order valence-electron chi connectivity index (χ2n) is 13.0. The van der Waals surface area contributed by atoms with Crippen molar-refractivity contribution in [3.05, 3.63) is 23.8 Å². The number of carbonyl (C=O) groups is 3. The minimum absolute atomic E-state index is 0.00553. The number of carboxylic acids is 1. The highest BCUT2D eigenvalue weighted by Gasteiger charge is 2.78. The van der Waals surface area contributed by atoms with E-state index in [1.807, 2.05) is 0 Å². The first-order valence-electron chi connectivity index (χ1n) is 14.4. The van der Waals surface area contributed by atoms with Gasteiger partial charge in [0, 0.05) is 22.7 Å². The summed E-state index contributed by atoms with van der Waals surface area (Å²) in [7, 11) is 0. The van der Waals surface area contributed by atoms with Crippen LogP contribution in [0.2, 0.25) is 0 Å². The van der Waals surface area contributed by atoms with E-state index in [2.05, 4.69) is 0 Å². The molecule has 0 amide bonds.